The third-order valence-corrected chi connectivity index (χ3v) is 8.21. The van der Waals surface area contributed by atoms with Crippen molar-refractivity contribution in [3.63, 3.8) is 0 Å². The number of ether oxygens (including phenoxy) is 2. The molecule has 0 saturated carbocycles. The normalized spacial score (nSPS) is 15.8. The van der Waals surface area contributed by atoms with Crippen LogP contribution < -0.4 is 14.8 Å². The maximum Gasteiger partial charge on any atom is 0.225 e. The molecule has 4 rings (SSSR count). The van der Waals surface area contributed by atoms with Crippen molar-refractivity contribution >= 4 is 32.8 Å². The molecule has 6 nitrogen and oxygen atoms in total. The van der Waals surface area contributed by atoms with Crippen LogP contribution in [0.25, 0.3) is 0 Å². The van der Waals surface area contributed by atoms with E-state index in [4.69, 9.17) is 9.47 Å². The summed E-state index contributed by atoms with van der Waals surface area (Å²) in [5.74, 6) is 0.820. The van der Waals surface area contributed by atoms with E-state index in [0.717, 1.165) is 22.6 Å². The van der Waals surface area contributed by atoms with Gasteiger partial charge in [-0.1, -0.05) is 25.1 Å². The maximum absolute atomic E-state index is 13.3. The first-order valence-electron chi connectivity index (χ1n) is 9.97. The number of rotatable bonds is 7. The maximum atomic E-state index is 13.3. The lowest BCUT2D eigenvalue weighted by molar-refractivity contribution is -0.116. The zero-order chi connectivity index (χ0) is 22.0. The van der Waals surface area contributed by atoms with Crippen molar-refractivity contribution in [2.75, 3.05) is 19.0 Å². The van der Waals surface area contributed by atoms with Crippen molar-refractivity contribution < 1.29 is 22.7 Å². The first kappa shape index (κ1) is 21.4. The Labute approximate surface area is 185 Å². The van der Waals surface area contributed by atoms with Crippen molar-refractivity contribution in [3.8, 4) is 11.5 Å². The number of fused-ring (bicyclic) bond motifs is 1. The van der Waals surface area contributed by atoms with Crippen LogP contribution in [0.3, 0.4) is 0 Å². The number of thiophene rings is 1. The summed E-state index contributed by atoms with van der Waals surface area (Å²) in [7, 11) is -2.28. The van der Waals surface area contributed by atoms with Crippen LogP contribution in [0.4, 0.5) is 5.69 Å². The van der Waals surface area contributed by atoms with Crippen molar-refractivity contribution in [1.82, 2.24) is 0 Å². The molecule has 2 aromatic carbocycles. The van der Waals surface area contributed by atoms with E-state index in [1.165, 1.54) is 30.6 Å². The summed E-state index contributed by atoms with van der Waals surface area (Å²) >= 11 is 1.34. The van der Waals surface area contributed by atoms with Crippen LogP contribution >= 0.6 is 11.3 Å². The number of benzene rings is 2. The molecule has 3 aromatic rings. The van der Waals surface area contributed by atoms with E-state index in [-0.39, 0.29) is 28.0 Å². The summed E-state index contributed by atoms with van der Waals surface area (Å²) in [5.41, 5.74) is 1.26. The molecule has 0 radical (unpaired) electrons. The second-order valence-corrected chi connectivity index (χ2v) is 10.0. The molecule has 31 heavy (non-hydrogen) atoms. The highest BCUT2D eigenvalue weighted by atomic mass is 32.2. The summed E-state index contributed by atoms with van der Waals surface area (Å²) in [5, 5.41) is 4.41. The standard InChI is InChI=1S/C23H23NO5S2/c1-3-12-29-19-7-5-4-6-17(19)18-13-21(25)24-22-20(14-30-23(18)22)31(26,27)16-10-8-15(28-2)9-11-16/h4-11,14,18H,3,12-13H2,1-2H3,(H,24,25)/t18-/m1/s1. The molecule has 162 valence electrons. The predicted octanol–water partition coefficient (Wildman–Crippen LogP) is 4.85. The van der Waals surface area contributed by atoms with Gasteiger partial charge in [0.05, 0.1) is 24.3 Å². The Morgan fingerprint density at radius 2 is 1.87 bits per heavy atom. The van der Waals surface area contributed by atoms with Crippen LogP contribution in [0.2, 0.25) is 0 Å². The molecule has 0 saturated heterocycles. The number of methoxy groups -OCH3 is 1. The van der Waals surface area contributed by atoms with Crippen LogP contribution in [0, 0.1) is 0 Å². The molecule has 0 unspecified atom stereocenters. The van der Waals surface area contributed by atoms with E-state index in [0.29, 0.717) is 18.0 Å². The van der Waals surface area contributed by atoms with Gasteiger partial charge in [0.25, 0.3) is 0 Å². The second-order valence-electron chi connectivity index (χ2n) is 7.21. The van der Waals surface area contributed by atoms with Crippen LogP contribution in [0.5, 0.6) is 11.5 Å². The quantitative estimate of drug-likeness (QED) is 0.548. The Hall–Kier alpha value is -2.84. The zero-order valence-electron chi connectivity index (χ0n) is 17.3. The lowest BCUT2D eigenvalue weighted by Gasteiger charge is -2.25. The van der Waals surface area contributed by atoms with Crippen LogP contribution in [-0.2, 0) is 14.6 Å². The van der Waals surface area contributed by atoms with Crippen molar-refractivity contribution in [2.24, 2.45) is 0 Å². The molecule has 1 N–H and O–H groups in total. The Bertz CT molecular complexity index is 1200. The van der Waals surface area contributed by atoms with Gasteiger partial charge in [0, 0.05) is 28.2 Å². The third kappa shape index (κ3) is 4.05. The molecule has 1 aliphatic rings. The summed E-state index contributed by atoms with van der Waals surface area (Å²) in [6.07, 6.45) is 1.11. The largest absolute Gasteiger partial charge is 0.497 e. The van der Waals surface area contributed by atoms with Gasteiger partial charge >= 0.3 is 0 Å². The van der Waals surface area contributed by atoms with Gasteiger partial charge in [-0.05, 0) is 36.8 Å². The van der Waals surface area contributed by atoms with Gasteiger partial charge in [0.2, 0.25) is 15.7 Å². The summed E-state index contributed by atoms with van der Waals surface area (Å²) in [6, 6.07) is 13.9. The van der Waals surface area contributed by atoms with E-state index in [9.17, 15) is 13.2 Å². The highest BCUT2D eigenvalue weighted by molar-refractivity contribution is 7.91. The van der Waals surface area contributed by atoms with Crippen molar-refractivity contribution in [2.45, 2.75) is 35.5 Å². The molecule has 0 spiro atoms. The number of amides is 1. The number of carbonyl (C=O) groups excluding carboxylic acids is 1. The highest BCUT2D eigenvalue weighted by Crippen LogP contribution is 2.47. The minimum absolute atomic E-state index is 0.114. The molecule has 1 aromatic heterocycles. The molecule has 0 fully saturated rings. The zero-order valence-corrected chi connectivity index (χ0v) is 18.9. The van der Waals surface area contributed by atoms with E-state index < -0.39 is 9.84 Å². The number of nitrogens with one attached hydrogen (secondary N) is 1. The molecule has 1 aliphatic heterocycles. The third-order valence-electron chi connectivity index (χ3n) is 5.17. The van der Waals surface area contributed by atoms with E-state index in [1.54, 1.807) is 17.5 Å². The van der Waals surface area contributed by atoms with Crippen molar-refractivity contribution in [1.29, 1.82) is 0 Å². The van der Waals surface area contributed by atoms with E-state index >= 15 is 0 Å². The Morgan fingerprint density at radius 1 is 1.13 bits per heavy atom. The minimum atomic E-state index is -3.81. The predicted molar refractivity (Wildman–Crippen MR) is 120 cm³/mol. The minimum Gasteiger partial charge on any atom is -0.497 e. The van der Waals surface area contributed by atoms with E-state index in [2.05, 4.69) is 5.32 Å². The molecule has 1 atom stereocenters. The van der Waals surface area contributed by atoms with Gasteiger partial charge < -0.3 is 14.8 Å². The smallest absolute Gasteiger partial charge is 0.225 e. The van der Waals surface area contributed by atoms with Gasteiger partial charge in [0.15, 0.2) is 0 Å². The number of carbonyl (C=O) groups is 1. The lowest BCUT2D eigenvalue weighted by Crippen LogP contribution is -2.23. The summed E-state index contributed by atoms with van der Waals surface area (Å²) in [4.78, 5) is 13.7. The van der Waals surface area contributed by atoms with Crippen molar-refractivity contribution in [3.05, 3.63) is 64.4 Å². The topological polar surface area (TPSA) is 81.7 Å². The first-order chi connectivity index (χ1) is 15.0. The number of hydrogen-bond acceptors (Lipinski definition) is 6. The SMILES string of the molecule is CCCOc1ccccc1[C@H]1CC(=O)Nc2c(S(=O)(=O)c3ccc(OC)cc3)csc21. The van der Waals surface area contributed by atoms with E-state index in [1.807, 2.05) is 31.2 Å². The molecule has 1 amide bonds. The molecule has 0 aliphatic carbocycles. The number of sulfone groups is 1. The van der Waals surface area contributed by atoms with Crippen LogP contribution in [-0.4, -0.2) is 28.0 Å². The summed E-state index contributed by atoms with van der Waals surface area (Å²) in [6.45, 7) is 2.61. The first-order valence-corrected chi connectivity index (χ1v) is 12.3. The Balaban J connectivity index is 1.77. The van der Waals surface area contributed by atoms with Gasteiger partial charge in [-0.15, -0.1) is 11.3 Å². The Morgan fingerprint density at radius 3 is 2.58 bits per heavy atom. The van der Waals surface area contributed by atoms with Gasteiger partial charge in [0.1, 0.15) is 16.4 Å². The molecular formula is C23H23NO5S2. The van der Waals surface area contributed by atoms with Crippen LogP contribution in [0.1, 0.15) is 36.1 Å². The fraction of sp³-hybridized carbons (Fsp3) is 0.261. The average molecular weight is 458 g/mol. The van der Waals surface area contributed by atoms with Gasteiger partial charge in [-0.3, -0.25) is 4.79 Å². The Kier molecular flexibility index (Phi) is 6.02. The molecule has 0 bridgehead atoms. The monoisotopic (exact) mass is 457 g/mol. The number of para-hydroxylation sites is 1. The lowest BCUT2D eigenvalue weighted by atomic mass is 9.90. The average Bonchev–Trinajstić information content (AvgIpc) is 3.22. The second kappa shape index (κ2) is 8.72. The summed E-state index contributed by atoms with van der Waals surface area (Å²) < 4.78 is 37.6. The highest BCUT2D eigenvalue weighted by Gasteiger charge is 2.35. The van der Waals surface area contributed by atoms with Gasteiger partial charge in [-0.2, -0.15) is 0 Å². The molecular weight excluding hydrogens is 434 g/mol. The fourth-order valence-corrected chi connectivity index (χ4v) is 6.55. The fourth-order valence-electron chi connectivity index (χ4n) is 3.65. The molecule has 2 heterocycles. The molecule has 8 heteroatoms. The number of anilines is 1. The van der Waals surface area contributed by atoms with Crippen LogP contribution in [0.15, 0.2) is 63.7 Å². The number of hydrogen-bond donors (Lipinski definition) is 1. The van der Waals surface area contributed by atoms with Gasteiger partial charge in [-0.25, -0.2) is 8.42 Å².